The summed E-state index contributed by atoms with van der Waals surface area (Å²) in [7, 11) is 0. The fourth-order valence-corrected chi connectivity index (χ4v) is 3.33. The van der Waals surface area contributed by atoms with E-state index in [1.165, 1.54) is 6.20 Å². The third-order valence-electron chi connectivity index (χ3n) is 4.56. The second kappa shape index (κ2) is 7.78. The maximum Gasteiger partial charge on any atom is 0.271 e. The van der Waals surface area contributed by atoms with Crippen molar-refractivity contribution in [2.75, 3.05) is 5.32 Å². The maximum atomic E-state index is 12.3. The molecular formula is C21H17ClN4O2. The fraction of sp³-hybridized carbons (Fsp3) is 0.143. The summed E-state index contributed by atoms with van der Waals surface area (Å²) in [5, 5.41) is 6.01. The van der Waals surface area contributed by atoms with Crippen LogP contribution in [0.4, 0.5) is 5.69 Å². The molecule has 2 aromatic heterocycles. The van der Waals surface area contributed by atoms with E-state index in [0.717, 1.165) is 34.4 Å². The van der Waals surface area contributed by atoms with Gasteiger partial charge in [0.15, 0.2) is 0 Å². The first-order valence-electron chi connectivity index (χ1n) is 8.86. The third kappa shape index (κ3) is 3.87. The zero-order chi connectivity index (χ0) is 19.5. The number of nitrogens with zero attached hydrogens (tertiary/aromatic N) is 2. The average molecular weight is 393 g/mol. The summed E-state index contributed by atoms with van der Waals surface area (Å²) in [6.45, 7) is 0.313. The highest BCUT2D eigenvalue weighted by molar-refractivity contribution is 6.33. The number of hydrogen-bond donors (Lipinski definition) is 2. The Kier molecular flexibility index (Phi) is 5.04. The summed E-state index contributed by atoms with van der Waals surface area (Å²) in [5.74, 6) is -0.284. The Labute approximate surface area is 167 Å². The summed E-state index contributed by atoms with van der Waals surface area (Å²) in [4.78, 5) is 32.1. The standard InChI is InChI=1S/C21H17ClN4O2/c22-17-2-1-7-24-20(17)21(28)25-11-13-8-16(12-23-10-13)14-3-5-18-15(9-14)4-6-19(27)26-18/h1-3,5,7-10,12H,4,6,11H2,(H,25,28)(H,26,27). The van der Waals surface area contributed by atoms with Crippen LogP contribution >= 0.6 is 11.6 Å². The highest BCUT2D eigenvalue weighted by Gasteiger charge is 2.15. The van der Waals surface area contributed by atoms with Gasteiger partial charge < -0.3 is 10.6 Å². The zero-order valence-corrected chi connectivity index (χ0v) is 15.7. The van der Waals surface area contributed by atoms with Gasteiger partial charge in [-0.3, -0.25) is 14.6 Å². The number of aromatic nitrogens is 2. The molecule has 1 aromatic carbocycles. The molecule has 0 aliphatic carbocycles. The van der Waals surface area contributed by atoms with Gasteiger partial charge in [-0.2, -0.15) is 0 Å². The number of amides is 2. The largest absolute Gasteiger partial charge is 0.347 e. The van der Waals surface area contributed by atoms with Gasteiger partial charge in [0.2, 0.25) is 5.91 Å². The van der Waals surface area contributed by atoms with Gasteiger partial charge >= 0.3 is 0 Å². The molecule has 3 heterocycles. The van der Waals surface area contributed by atoms with Crippen LogP contribution < -0.4 is 10.6 Å². The molecule has 2 amide bonds. The van der Waals surface area contributed by atoms with Crippen molar-refractivity contribution in [3.63, 3.8) is 0 Å². The lowest BCUT2D eigenvalue weighted by Gasteiger charge is -2.17. The van der Waals surface area contributed by atoms with Gasteiger partial charge in [0.1, 0.15) is 5.69 Å². The number of rotatable bonds is 4. The number of hydrogen-bond acceptors (Lipinski definition) is 4. The van der Waals surface area contributed by atoms with Gasteiger partial charge in [-0.1, -0.05) is 17.7 Å². The van der Waals surface area contributed by atoms with Crippen LogP contribution in [-0.2, 0) is 17.8 Å². The number of fused-ring (bicyclic) bond motifs is 1. The van der Waals surface area contributed by atoms with Gasteiger partial charge in [0.25, 0.3) is 5.91 Å². The van der Waals surface area contributed by atoms with E-state index < -0.39 is 0 Å². The SMILES string of the molecule is O=C1CCc2cc(-c3cncc(CNC(=O)c4ncccc4Cl)c3)ccc2N1. The van der Waals surface area contributed by atoms with Crippen LogP contribution in [0.1, 0.15) is 28.0 Å². The number of benzene rings is 1. The first-order valence-corrected chi connectivity index (χ1v) is 9.24. The molecular weight excluding hydrogens is 376 g/mol. The molecule has 0 saturated heterocycles. The van der Waals surface area contributed by atoms with Crippen molar-refractivity contribution in [1.29, 1.82) is 0 Å². The molecule has 28 heavy (non-hydrogen) atoms. The number of anilines is 1. The van der Waals surface area contributed by atoms with E-state index in [9.17, 15) is 9.59 Å². The molecule has 0 saturated carbocycles. The quantitative estimate of drug-likeness (QED) is 0.710. The third-order valence-corrected chi connectivity index (χ3v) is 4.86. The molecule has 1 aliphatic heterocycles. The lowest BCUT2D eigenvalue weighted by molar-refractivity contribution is -0.116. The van der Waals surface area contributed by atoms with E-state index in [-0.39, 0.29) is 17.5 Å². The Bertz CT molecular complexity index is 1070. The first kappa shape index (κ1) is 18.1. The maximum absolute atomic E-state index is 12.3. The molecule has 0 unspecified atom stereocenters. The normalized spacial score (nSPS) is 12.8. The van der Waals surface area contributed by atoms with Crippen LogP contribution in [0.25, 0.3) is 11.1 Å². The molecule has 2 N–H and O–H groups in total. The number of nitrogens with one attached hydrogen (secondary N) is 2. The van der Waals surface area contributed by atoms with E-state index in [0.29, 0.717) is 18.0 Å². The van der Waals surface area contributed by atoms with Crippen molar-refractivity contribution in [2.45, 2.75) is 19.4 Å². The van der Waals surface area contributed by atoms with Crippen molar-refractivity contribution < 1.29 is 9.59 Å². The molecule has 0 spiro atoms. The Hall–Kier alpha value is -3.25. The average Bonchev–Trinajstić information content (AvgIpc) is 2.72. The number of pyridine rings is 2. The molecule has 3 aromatic rings. The summed E-state index contributed by atoms with van der Waals surface area (Å²) in [5.41, 5.74) is 5.00. The van der Waals surface area contributed by atoms with Gasteiger partial charge in [0.05, 0.1) is 5.02 Å². The molecule has 1 aliphatic rings. The molecule has 4 rings (SSSR count). The second-order valence-electron chi connectivity index (χ2n) is 6.52. The monoisotopic (exact) mass is 392 g/mol. The minimum Gasteiger partial charge on any atom is -0.347 e. The Morgan fingerprint density at radius 3 is 2.89 bits per heavy atom. The summed E-state index contributed by atoms with van der Waals surface area (Å²) >= 11 is 6.01. The number of aryl methyl sites for hydroxylation is 1. The molecule has 0 radical (unpaired) electrons. The second-order valence-corrected chi connectivity index (χ2v) is 6.93. The number of halogens is 1. The number of carbonyl (C=O) groups excluding carboxylic acids is 2. The van der Waals surface area contributed by atoms with E-state index in [1.54, 1.807) is 24.5 Å². The molecule has 0 atom stereocenters. The van der Waals surface area contributed by atoms with Crippen LogP contribution in [-0.4, -0.2) is 21.8 Å². The van der Waals surface area contributed by atoms with Crippen molar-refractivity contribution in [3.05, 3.63) is 76.8 Å². The molecule has 6 nitrogen and oxygen atoms in total. The van der Waals surface area contributed by atoms with E-state index >= 15 is 0 Å². The Morgan fingerprint density at radius 2 is 2.04 bits per heavy atom. The minimum absolute atomic E-state index is 0.0488. The van der Waals surface area contributed by atoms with E-state index in [1.807, 2.05) is 18.2 Å². The lowest BCUT2D eigenvalue weighted by atomic mass is 9.97. The summed E-state index contributed by atoms with van der Waals surface area (Å²) < 4.78 is 0. The van der Waals surface area contributed by atoms with E-state index in [2.05, 4.69) is 26.7 Å². The topological polar surface area (TPSA) is 84.0 Å². The van der Waals surface area contributed by atoms with Crippen LogP contribution in [0.15, 0.2) is 55.0 Å². The van der Waals surface area contributed by atoms with Crippen LogP contribution in [0.3, 0.4) is 0 Å². The van der Waals surface area contributed by atoms with Crippen molar-refractivity contribution in [3.8, 4) is 11.1 Å². The molecule has 7 heteroatoms. The van der Waals surface area contributed by atoms with Gasteiger partial charge in [-0.25, -0.2) is 4.98 Å². The van der Waals surface area contributed by atoms with Crippen molar-refractivity contribution in [2.24, 2.45) is 0 Å². The Balaban J connectivity index is 1.50. The summed E-state index contributed by atoms with van der Waals surface area (Å²) in [6.07, 6.45) is 6.24. The van der Waals surface area contributed by atoms with Crippen molar-refractivity contribution >= 4 is 29.1 Å². The van der Waals surface area contributed by atoms with Crippen LogP contribution in [0.5, 0.6) is 0 Å². The minimum atomic E-state index is -0.333. The molecule has 0 fully saturated rings. The summed E-state index contributed by atoms with van der Waals surface area (Å²) in [6, 6.07) is 11.2. The van der Waals surface area contributed by atoms with Crippen LogP contribution in [0, 0.1) is 0 Å². The fourth-order valence-electron chi connectivity index (χ4n) is 3.12. The highest BCUT2D eigenvalue weighted by atomic mass is 35.5. The van der Waals surface area contributed by atoms with E-state index in [4.69, 9.17) is 11.6 Å². The molecule has 0 bridgehead atoms. The van der Waals surface area contributed by atoms with Gasteiger partial charge in [0, 0.05) is 42.8 Å². The zero-order valence-electron chi connectivity index (χ0n) is 14.9. The van der Waals surface area contributed by atoms with Crippen LogP contribution in [0.2, 0.25) is 5.02 Å². The van der Waals surface area contributed by atoms with Gasteiger partial charge in [-0.15, -0.1) is 0 Å². The van der Waals surface area contributed by atoms with Gasteiger partial charge in [-0.05, 0) is 53.4 Å². The lowest BCUT2D eigenvalue weighted by Crippen LogP contribution is -2.24. The number of carbonyl (C=O) groups is 2. The predicted molar refractivity (Wildman–Crippen MR) is 107 cm³/mol. The highest BCUT2D eigenvalue weighted by Crippen LogP contribution is 2.28. The predicted octanol–water partition coefficient (Wildman–Crippen LogP) is 3.61. The first-order chi connectivity index (χ1) is 13.6. The van der Waals surface area contributed by atoms with Crippen molar-refractivity contribution in [1.82, 2.24) is 15.3 Å². The molecule has 140 valence electrons. The smallest absolute Gasteiger partial charge is 0.271 e. The Morgan fingerprint density at radius 1 is 1.14 bits per heavy atom.